The molecule has 138 valence electrons. The number of aromatic nitrogens is 2. The highest BCUT2D eigenvalue weighted by molar-refractivity contribution is 9.10. The molecule has 1 N–H and O–H groups in total. The Balaban J connectivity index is 1.61. The van der Waals surface area contributed by atoms with Gasteiger partial charge in [-0.2, -0.15) is 0 Å². The predicted octanol–water partition coefficient (Wildman–Crippen LogP) is 2.28. The Bertz CT molecular complexity index is 981. The lowest BCUT2D eigenvalue weighted by molar-refractivity contribution is -0.135. The van der Waals surface area contributed by atoms with Crippen LogP contribution in [0.15, 0.2) is 35.1 Å². The minimum Gasteiger partial charge on any atom is -0.293 e. The molecule has 1 aromatic heterocycles. The lowest BCUT2D eigenvalue weighted by Crippen LogP contribution is -2.51. The van der Waals surface area contributed by atoms with Gasteiger partial charge >= 0.3 is 0 Å². The number of hydrogen-bond donors (Lipinski definition) is 1. The fourth-order valence-electron chi connectivity index (χ4n) is 3.59. The highest BCUT2D eigenvalue weighted by atomic mass is 79.9. The number of halogens is 2. The average Bonchev–Trinajstić information content (AvgIpc) is 3.31. The van der Waals surface area contributed by atoms with E-state index in [1.54, 1.807) is 18.2 Å². The minimum absolute atomic E-state index is 0.0807. The van der Waals surface area contributed by atoms with E-state index >= 15 is 0 Å². The molecule has 2 aromatic rings. The molecule has 0 unspecified atom stereocenters. The first-order chi connectivity index (χ1) is 12.8. The molecule has 0 saturated heterocycles. The number of imide groups is 1. The molecule has 1 fully saturated rings. The first kappa shape index (κ1) is 17.7. The van der Waals surface area contributed by atoms with Crippen LogP contribution in [0.3, 0.4) is 0 Å². The van der Waals surface area contributed by atoms with E-state index < -0.39 is 29.6 Å². The maximum Gasteiger partial charge on any atom is 0.261 e. The normalized spacial score (nSPS) is 23.4. The third-order valence-electron chi connectivity index (χ3n) is 5.05. The van der Waals surface area contributed by atoms with Gasteiger partial charge in [-0.05, 0) is 36.1 Å². The van der Waals surface area contributed by atoms with Crippen molar-refractivity contribution in [3.05, 3.63) is 52.0 Å². The summed E-state index contributed by atoms with van der Waals surface area (Å²) in [6.07, 6.45) is 2.45. The number of carbonyl (C=O) groups excluding carboxylic acids is 3. The monoisotopic (exact) mass is 432 g/mol. The molecule has 9 heteroatoms. The summed E-state index contributed by atoms with van der Waals surface area (Å²) in [4.78, 5) is 46.4. The number of rotatable bonds is 3. The zero-order valence-corrected chi connectivity index (χ0v) is 15.8. The van der Waals surface area contributed by atoms with Crippen LogP contribution in [0, 0.1) is 11.7 Å². The van der Waals surface area contributed by atoms with Crippen molar-refractivity contribution in [1.29, 1.82) is 0 Å². The summed E-state index contributed by atoms with van der Waals surface area (Å²) in [6.45, 7) is 1.49. The first-order valence-electron chi connectivity index (χ1n) is 8.26. The van der Waals surface area contributed by atoms with Crippen LogP contribution < -0.4 is 5.32 Å². The van der Waals surface area contributed by atoms with E-state index in [1.165, 1.54) is 0 Å². The van der Waals surface area contributed by atoms with Crippen LogP contribution in [0.2, 0.25) is 0 Å². The molecule has 3 amide bonds. The SMILES string of the molecule is C[C@H]1C[C@@]12C(=O)N(CC(=O)Nc1ncc(F)cn1)C(=O)c1ccc(Br)cc12. The number of nitrogens with zero attached hydrogens (tertiary/aromatic N) is 3. The molecule has 27 heavy (non-hydrogen) atoms. The molecule has 0 radical (unpaired) electrons. The fraction of sp³-hybridized carbons (Fsp3) is 0.278. The van der Waals surface area contributed by atoms with Crippen LogP contribution in [-0.2, 0) is 15.0 Å². The molecule has 0 bridgehead atoms. The molecule has 1 aromatic carbocycles. The van der Waals surface area contributed by atoms with Gasteiger partial charge in [0, 0.05) is 10.0 Å². The topological polar surface area (TPSA) is 92.3 Å². The summed E-state index contributed by atoms with van der Waals surface area (Å²) in [5.74, 6) is -2.17. The molecule has 1 saturated carbocycles. The Labute approximate surface area is 162 Å². The van der Waals surface area contributed by atoms with E-state index in [9.17, 15) is 18.8 Å². The van der Waals surface area contributed by atoms with Crippen LogP contribution >= 0.6 is 15.9 Å². The number of nitrogens with one attached hydrogen (secondary N) is 1. The van der Waals surface area contributed by atoms with E-state index in [0.717, 1.165) is 21.8 Å². The van der Waals surface area contributed by atoms with Crippen LogP contribution in [0.5, 0.6) is 0 Å². The smallest absolute Gasteiger partial charge is 0.261 e. The quantitative estimate of drug-likeness (QED) is 0.750. The second-order valence-electron chi connectivity index (χ2n) is 6.74. The molecule has 4 rings (SSSR count). The molecule has 1 aliphatic carbocycles. The van der Waals surface area contributed by atoms with Gasteiger partial charge in [-0.3, -0.25) is 24.6 Å². The summed E-state index contributed by atoms with van der Waals surface area (Å²) in [6, 6.07) is 5.20. The Morgan fingerprint density at radius 3 is 2.67 bits per heavy atom. The van der Waals surface area contributed by atoms with Crippen molar-refractivity contribution in [1.82, 2.24) is 14.9 Å². The van der Waals surface area contributed by atoms with Gasteiger partial charge in [0.25, 0.3) is 5.91 Å². The van der Waals surface area contributed by atoms with Crippen molar-refractivity contribution in [2.75, 3.05) is 11.9 Å². The van der Waals surface area contributed by atoms with E-state index in [2.05, 4.69) is 31.2 Å². The number of carbonyl (C=O) groups is 3. The first-order valence-corrected chi connectivity index (χ1v) is 9.06. The molecule has 2 aliphatic rings. The number of fused-ring (bicyclic) bond motifs is 2. The van der Waals surface area contributed by atoms with E-state index in [4.69, 9.17) is 0 Å². The highest BCUT2D eigenvalue weighted by Crippen LogP contribution is 2.58. The highest BCUT2D eigenvalue weighted by Gasteiger charge is 2.64. The van der Waals surface area contributed by atoms with E-state index in [0.29, 0.717) is 17.5 Å². The van der Waals surface area contributed by atoms with E-state index in [1.807, 2.05) is 6.92 Å². The summed E-state index contributed by atoms with van der Waals surface area (Å²) >= 11 is 3.39. The Morgan fingerprint density at radius 1 is 1.37 bits per heavy atom. The van der Waals surface area contributed by atoms with E-state index in [-0.39, 0.29) is 17.8 Å². The van der Waals surface area contributed by atoms with Crippen LogP contribution in [-0.4, -0.2) is 39.1 Å². The Hall–Kier alpha value is -2.68. The summed E-state index contributed by atoms with van der Waals surface area (Å²) in [7, 11) is 0. The molecule has 7 nitrogen and oxygen atoms in total. The van der Waals surface area contributed by atoms with Gasteiger partial charge in [0.1, 0.15) is 6.54 Å². The van der Waals surface area contributed by atoms with Crippen molar-refractivity contribution in [2.45, 2.75) is 18.8 Å². The summed E-state index contributed by atoms with van der Waals surface area (Å²) in [5, 5.41) is 2.37. The lowest BCUT2D eigenvalue weighted by atomic mass is 9.84. The van der Waals surface area contributed by atoms with Crippen LogP contribution in [0.25, 0.3) is 0 Å². The Morgan fingerprint density at radius 2 is 2.04 bits per heavy atom. The van der Waals surface area contributed by atoms with Gasteiger partial charge in [0.15, 0.2) is 5.82 Å². The Kier molecular flexibility index (Phi) is 4.06. The summed E-state index contributed by atoms with van der Waals surface area (Å²) in [5.41, 5.74) is 0.366. The fourth-order valence-corrected chi connectivity index (χ4v) is 3.95. The van der Waals surface area contributed by atoms with Crippen molar-refractivity contribution in [2.24, 2.45) is 5.92 Å². The van der Waals surface area contributed by atoms with Crippen molar-refractivity contribution >= 4 is 39.6 Å². The predicted molar refractivity (Wildman–Crippen MR) is 96.3 cm³/mol. The number of anilines is 1. The maximum atomic E-state index is 13.1. The van der Waals surface area contributed by atoms with Gasteiger partial charge in [-0.15, -0.1) is 0 Å². The minimum atomic E-state index is -0.764. The third kappa shape index (κ3) is 2.82. The largest absolute Gasteiger partial charge is 0.293 e. The standard InChI is InChI=1S/C18H14BrFN4O3/c1-9-5-18(9)13-4-10(19)2-3-12(13)15(26)24(16(18)27)8-14(25)23-17-21-6-11(20)7-22-17/h2-4,6-7,9H,5,8H2,1H3,(H,21,22,23,25)/t9-,18+/m0/s1. The molecule has 1 spiro atoms. The molecular weight excluding hydrogens is 419 g/mol. The van der Waals surface area contributed by atoms with Crippen molar-refractivity contribution in [3.8, 4) is 0 Å². The third-order valence-corrected chi connectivity index (χ3v) is 5.54. The average molecular weight is 433 g/mol. The van der Waals surface area contributed by atoms with Gasteiger partial charge in [-0.25, -0.2) is 14.4 Å². The number of hydrogen-bond acceptors (Lipinski definition) is 5. The van der Waals surface area contributed by atoms with Crippen LogP contribution in [0.4, 0.5) is 10.3 Å². The second-order valence-corrected chi connectivity index (χ2v) is 7.65. The number of benzene rings is 1. The van der Waals surface area contributed by atoms with Gasteiger partial charge in [-0.1, -0.05) is 22.9 Å². The molecular formula is C18H14BrFN4O3. The number of amides is 3. The summed E-state index contributed by atoms with van der Waals surface area (Å²) < 4.78 is 13.7. The molecule has 2 heterocycles. The van der Waals surface area contributed by atoms with Crippen molar-refractivity contribution < 1.29 is 18.8 Å². The van der Waals surface area contributed by atoms with Gasteiger partial charge in [0.05, 0.1) is 17.8 Å². The molecule has 1 aliphatic heterocycles. The zero-order valence-electron chi connectivity index (χ0n) is 14.2. The van der Waals surface area contributed by atoms with Crippen LogP contribution in [0.1, 0.15) is 29.3 Å². The second kappa shape index (κ2) is 6.19. The maximum absolute atomic E-state index is 13.1. The van der Waals surface area contributed by atoms with Crippen molar-refractivity contribution in [3.63, 3.8) is 0 Å². The lowest BCUT2D eigenvalue weighted by Gasteiger charge is -2.33. The molecule has 2 atom stereocenters. The zero-order chi connectivity index (χ0) is 19.3. The van der Waals surface area contributed by atoms with Gasteiger partial charge in [0.2, 0.25) is 17.8 Å². The van der Waals surface area contributed by atoms with Gasteiger partial charge < -0.3 is 0 Å².